The molecular weight excluding hydrogens is 350 g/mol. The van der Waals surface area contributed by atoms with Crippen molar-refractivity contribution >= 4 is 28.6 Å². The number of hydrogen-bond acceptors (Lipinski definition) is 5. The summed E-state index contributed by atoms with van der Waals surface area (Å²) < 4.78 is 7.56. The fourth-order valence-electron chi connectivity index (χ4n) is 4.68. The summed E-state index contributed by atoms with van der Waals surface area (Å²) >= 11 is 1.77. The van der Waals surface area contributed by atoms with Crippen LogP contribution in [0.15, 0.2) is 45.8 Å². The van der Waals surface area contributed by atoms with E-state index in [1.807, 2.05) is 29.2 Å². The van der Waals surface area contributed by atoms with Crippen LogP contribution >= 0.6 is 11.8 Å². The van der Waals surface area contributed by atoms with E-state index in [4.69, 9.17) is 9.40 Å². The maximum atomic E-state index is 13.3. The third kappa shape index (κ3) is 1.54. The van der Waals surface area contributed by atoms with Gasteiger partial charge in [0, 0.05) is 24.5 Å². The Morgan fingerprint density at radius 2 is 2.12 bits per heavy atom. The Hall–Kier alpha value is -2.54. The van der Waals surface area contributed by atoms with E-state index in [0.29, 0.717) is 35.4 Å². The van der Waals surface area contributed by atoms with Crippen LogP contribution in [0.2, 0.25) is 0 Å². The van der Waals surface area contributed by atoms with E-state index in [1.165, 1.54) is 0 Å². The minimum Gasteiger partial charge on any atom is -0.466 e. The van der Waals surface area contributed by atoms with Crippen molar-refractivity contribution in [3.63, 3.8) is 0 Å². The lowest BCUT2D eigenvalue weighted by Crippen LogP contribution is -2.62. The highest BCUT2D eigenvalue weighted by atomic mass is 32.2. The molecule has 0 radical (unpaired) electrons. The number of fused-ring (bicyclic) bond motifs is 1. The van der Waals surface area contributed by atoms with Crippen LogP contribution in [-0.2, 0) is 16.8 Å². The third-order valence-electron chi connectivity index (χ3n) is 5.81. The number of hydrogen-bond donors (Lipinski definition) is 0. The highest BCUT2D eigenvalue weighted by molar-refractivity contribution is 7.99. The summed E-state index contributed by atoms with van der Waals surface area (Å²) in [5.74, 6) is 2.95. The van der Waals surface area contributed by atoms with Crippen molar-refractivity contribution in [2.45, 2.75) is 18.0 Å². The van der Waals surface area contributed by atoms with Crippen molar-refractivity contribution < 1.29 is 9.21 Å². The quantitative estimate of drug-likeness (QED) is 0.609. The summed E-state index contributed by atoms with van der Waals surface area (Å²) in [5.41, 5.74) is 0.738. The van der Waals surface area contributed by atoms with Crippen LogP contribution in [0.3, 0.4) is 0 Å². The molecule has 2 aromatic heterocycles. The Morgan fingerprint density at radius 1 is 1.23 bits per heavy atom. The fraction of sp³-hybridized carbons (Fsp3) is 0.316. The molecule has 6 heterocycles. The topological polar surface area (TPSA) is 68.3 Å². The van der Waals surface area contributed by atoms with Gasteiger partial charge in [0.25, 0.3) is 5.56 Å². The molecule has 0 saturated carbocycles. The third-order valence-corrected chi connectivity index (χ3v) is 6.90. The number of carbonyl (C=O) groups excluding carboxylic acids is 1. The first kappa shape index (κ1) is 14.6. The lowest BCUT2D eigenvalue weighted by molar-refractivity contribution is -0.143. The number of para-hydroxylation sites is 1. The van der Waals surface area contributed by atoms with Gasteiger partial charge in [-0.3, -0.25) is 14.2 Å². The van der Waals surface area contributed by atoms with Gasteiger partial charge in [-0.25, -0.2) is 4.98 Å². The van der Waals surface area contributed by atoms with Crippen molar-refractivity contribution in [1.82, 2.24) is 14.5 Å². The van der Waals surface area contributed by atoms with Gasteiger partial charge in [-0.2, -0.15) is 11.8 Å². The van der Waals surface area contributed by atoms with Crippen molar-refractivity contribution in [2.24, 2.45) is 0 Å². The number of carbonyl (C=O) groups is 1. The Labute approximate surface area is 152 Å². The number of rotatable bonds is 0. The lowest BCUT2D eigenvalue weighted by Gasteiger charge is -2.48. The van der Waals surface area contributed by atoms with E-state index >= 15 is 0 Å². The van der Waals surface area contributed by atoms with Crippen LogP contribution < -0.4 is 5.56 Å². The summed E-state index contributed by atoms with van der Waals surface area (Å²) in [5, 5.41) is 0.555. The molecule has 2 bridgehead atoms. The minimum atomic E-state index is -0.797. The standard InChI is InChI=1S/C19H15N3O3S/c23-16-12-3-1-2-4-13(12)20-18-19-10-26-8-6-21(19)17(24)14(22(16)18)9-11-5-7-25-15(11)19/h1-5,7,14H,6,8-10H2/t14-,19-/m1/s1. The highest BCUT2D eigenvalue weighted by Crippen LogP contribution is 2.50. The van der Waals surface area contributed by atoms with Crippen LogP contribution in [0.4, 0.5) is 0 Å². The number of aromatic nitrogens is 2. The molecule has 7 rings (SSSR count). The van der Waals surface area contributed by atoms with Gasteiger partial charge in [0.2, 0.25) is 5.91 Å². The molecule has 26 heavy (non-hydrogen) atoms. The molecule has 4 aliphatic heterocycles. The van der Waals surface area contributed by atoms with E-state index in [0.717, 1.165) is 17.1 Å². The molecule has 0 N–H and O–H groups in total. The van der Waals surface area contributed by atoms with E-state index in [2.05, 4.69) is 0 Å². The van der Waals surface area contributed by atoms with Gasteiger partial charge in [0.05, 0.1) is 17.2 Å². The first-order chi connectivity index (χ1) is 12.7. The normalized spacial score (nSPS) is 26.4. The number of furan rings is 1. The summed E-state index contributed by atoms with van der Waals surface area (Å²) in [4.78, 5) is 33.5. The smallest absolute Gasteiger partial charge is 0.262 e. The molecule has 0 unspecified atom stereocenters. The maximum Gasteiger partial charge on any atom is 0.262 e. The average molecular weight is 365 g/mol. The zero-order valence-electron chi connectivity index (χ0n) is 13.8. The number of amides is 1. The van der Waals surface area contributed by atoms with Crippen LogP contribution in [0.25, 0.3) is 10.9 Å². The van der Waals surface area contributed by atoms with E-state index in [-0.39, 0.29) is 11.5 Å². The largest absolute Gasteiger partial charge is 0.466 e. The molecule has 7 heteroatoms. The minimum absolute atomic E-state index is 0.00313. The molecule has 0 aliphatic carbocycles. The zero-order chi connectivity index (χ0) is 17.5. The van der Waals surface area contributed by atoms with Crippen LogP contribution in [0.1, 0.15) is 23.2 Å². The van der Waals surface area contributed by atoms with Crippen molar-refractivity contribution in [3.05, 3.63) is 64.1 Å². The number of nitrogens with zero attached hydrogens (tertiary/aromatic N) is 3. The van der Waals surface area contributed by atoms with Crippen molar-refractivity contribution in [3.8, 4) is 0 Å². The Morgan fingerprint density at radius 3 is 3.04 bits per heavy atom. The SMILES string of the molecule is O=C1[C@H]2Cc3ccoc3[C@]3(CSCCN13)c1nc3ccccc3c(=O)n12. The van der Waals surface area contributed by atoms with Crippen LogP contribution in [0, 0.1) is 0 Å². The van der Waals surface area contributed by atoms with Gasteiger partial charge in [0.15, 0.2) is 5.54 Å². The van der Waals surface area contributed by atoms with Gasteiger partial charge in [-0.15, -0.1) is 0 Å². The predicted molar refractivity (Wildman–Crippen MR) is 97.3 cm³/mol. The van der Waals surface area contributed by atoms with Crippen LogP contribution in [0.5, 0.6) is 0 Å². The lowest BCUT2D eigenvalue weighted by atomic mass is 9.91. The predicted octanol–water partition coefficient (Wildman–Crippen LogP) is 1.92. The Bertz CT molecular complexity index is 1150. The van der Waals surface area contributed by atoms with Gasteiger partial charge in [-0.05, 0) is 23.8 Å². The van der Waals surface area contributed by atoms with Crippen LogP contribution in [-0.4, -0.2) is 38.4 Å². The summed E-state index contributed by atoms with van der Waals surface area (Å²) in [6.45, 7) is 0.642. The van der Waals surface area contributed by atoms with Gasteiger partial charge in [0.1, 0.15) is 17.6 Å². The number of thioether (sulfide) groups is 1. The van der Waals surface area contributed by atoms with Gasteiger partial charge in [-0.1, -0.05) is 12.1 Å². The maximum absolute atomic E-state index is 13.3. The molecule has 2 atom stereocenters. The Balaban J connectivity index is 1.82. The van der Waals surface area contributed by atoms with Gasteiger partial charge >= 0.3 is 0 Å². The monoisotopic (exact) mass is 365 g/mol. The van der Waals surface area contributed by atoms with E-state index < -0.39 is 11.6 Å². The molecule has 3 aromatic rings. The first-order valence-electron chi connectivity index (χ1n) is 8.69. The second kappa shape index (κ2) is 4.79. The van der Waals surface area contributed by atoms with E-state index in [9.17, 15) is 9.59 Å². The molecule has 1 saturated heterocycles. The molecule has 1 fully saturated rings. The summed E-state index contributed by atoms with van der Waals surface area (Å²) in [6.07, 6.45) is 2.16. The molecular formula is C19H15N3O3S. The summed E-state index contributed by atoms with van der Waals surface area (Å²) in [6, 6.07) is 8.73. The molecule has 4 aliphatic rings. The second-order valence-electron chi connectivity index (χ2n) is 7.03. The molecule has 1 spiro atoms. The molecule has 1 amide bonds. The number of benzene rings is 1. The van der Waals surface area contributed by atoms with E-state index in [1.54, 1.807) is 28.7 Å². The fourth-order valence-corrected chi connectivity index (χ4v) is 5.85. The van der Waals surface area contributed by atoms with Crippen molar-refractivity contribution in [2.75, 3.05) is 18.1 Å². The first-order valence-corrected chi connectivity index (χ1v) is 9.85. The molecule has 130 valence electrons. The Kier molecular flexibility index (Phi) is 2.69. The molecule has 1 aromatic carbocycles. The zero-order valence-corrected chi connectivity index (χ0v) is 14.7. The van der Waals surface area contributed by atoms with Gasteiger partial charge < -0.3 is 9.32 Å². The second-order valence-corrected chi connectivity index (χ2v) is 8.13. The van der Waals surface area contributed by atoms with Crippen molar-refractivity contribution in [1.29, 1.82) is 0 Å². The highest BCUT2D eigenvalue weighted by Gasteiger charge is 2.59. The molecule has 6 nitrogen and oxygen atoms in total. The summed E-state index contributed by atoms with van der Waals surface area (Å²) in [7, 11) is 0. The average Bonchev–Trinajstić information content (AvgIpc) is 3.07.